The number of nitrogens with zero attached hydrogens (tertiary/aromatic N) is 4. The third-order valence-corrected chi connectivity index (χ3v) is 5.75. The summed E-state index contributed by atoms with van der Waals surface area (Å²) < 4.78 is 15.1. The highest BCUT2D eigenvalue weighted by molar-refractivity contribution is 7.08. The highest BCUT2D eigenvalue weighted by atomic mass is 32.1. The van der Waals surface area contributed by atoms with Crippen LogP contribution in [-0.2, 0) is 13.5 Å². The van der Waals surface area contributed by atoms with Gasteiger partial charge in [-0.3, -0.25) is 9.58 Å². The minimum atomic E-state index is -0.176. The highest BCUT2D eigenvalue weighted by Gasteiger charge is 2.18. The molecule has 1 aliphatic heterocycles. The third kappa shape index (κ3) is 3.66. The SMILES string of the molecule is Cn1ncc(CCN2CCN(c3ccc(F)cc3)CC2)c1-c1ccsc1. The lowest BCUT2D eigenvalue weighted by Gasteiger charge is -2.36. The summed E-state index contributed by atoms with van der Waals surface area (Å²) in [4.78, 5) is 4.83. The van der Waals surface area contributed by atoms with E-state index in [1.165, 1.54) is 29.0 Å². The van der Waals surface area contributed by atoms with Gasteiger partial charge in [-0.15, -0.1) is 0 Å². The Labute approximate surface area is 157 Å². The summed E-state index contributed by atoms with van der Waals surface area (Å²) in [5.41, 5.74) is 4.91. The van der Waals surface area contributed by atoms with Crippen molar-refractivity contribution in [3.8, 4) is 11.3 Å². The highest BCUT2D eigenvalue weighted by Crippen LogP contribution is 2.26. The molecule has 0 spiro atoms. The average Bonchev–Trinajstić information content (AvgIpc) is 3.30. The largest absolute Gasteiger partial charge is 0.369 e. The van der Waals surface area contributed by atoms with Crippen LogP contribution in [0.15, 0.2) is 47.3 Å². The monoisotopic (exact) mass is 370 g/mol. The van der Waals surface area contributed by atoms with Crippen molar-refractivity contribution in [2.75, 3.05) is 37.6 Å². The molecule has 3 aromatic rings. The van der Waals surface area contributed by atoms with E-state index in [1.54, 1.807) is 11.3 Å². The van der Waals surface area contributed by atoms with Gasteiger partial charge in [-0.05, 0) is 47.7 Å². The number of anilines is 1. The number of benzene rings is 1. The van der Waals surface area contributed by atoms with Crippen molar-refractivity contribution >= 4 is 17.0 Å². The molecular formula is C20H23FN4S. The summed E-state index contributed by atoms with van der Waals surface area (Å²) in [6.07, 6.45) is 3.01. The number of aryl methyl sites for hydroxylation is 1. The Morgan fingerprint density at radius 3 is 2.54 bits per heavy atom. The van der Waals surface area contributed by atoms with Crippen LogP contribution in [0.3, 0.4) is 0 Å². The molecule has 0 amide bonds. The average molecular weight is 370 g/mol. The standard InChI is InChI=1S/C20H23FN4S/c1-23-20(17-7-13-26-15-17)16(14-22-23)6-8-24-9-11-25(12-10-24)19-4-2-18(21)3-5-19/h2-5,7,13-15H,6,8-12H2,1H3. The molecule has 1 saturated heterocycles. The van der Waals surface area contributed by atoms with E-state index in [2.05, 4.69) is 31.7 Å². The fourth-order valence-corrected chi connectivity index (χ4v) is 4.24. The first-order valence-corrected chi connectivity index (χ1v) is 9.91. The van der Waals surface area contributed by atoms with Gasteiger partial charge < -0.3 is 4.90 Å². The van der Waals surface area contributed by atoms with Crippen molar-refractivity contribution in [1.82, 2.24) is 14.7 Å². The second kappa shape index (κ2) is 7.60. The van der Waals surface area contributed by atoms with Crippen molar-refractivity contribution in [2.24, 2.45) is 7.05 Å². The van der Waals surface area contributed by atoms with Crippen LogP contribution in [0.25, 0.3) is 11.3 Å². The number of piperazine rings is 1. The second-order valence-electron chi connectivity index (χ2n) is 6.71. The minimum absolute atomic E-state index is 0.176. The zero-order chi connectivity index (χ0) is 17.9. The quantitative estimate of drug-likeness (QED) is 0.685. The number of halogens is 1. The normalized spacial score (nSPS) is 15.5. The Morgan fingerprint density at radius 2 is 1.85 bits per heavy atom. The molecule has 1 aliphatic rings. The number of hydrogen-bond acceptors (Lipinski definition) is 4. The van der Waals surface area contributed by atoms with Crippen molar-refractivity contribution in [1.29, 1.82) is 0 Å². The lowest BCUT2D eigenvalue weighted by molar-refractivity contribution is 0.261. The number of rotatable bonds is 5. The topological polar surface area (TPSA) is 24.3 Å². The fraction of sp³-hybridized carbons (Fsp3) is 0.350. The van der Waals surface area contributed by atoms with Gasteiger partial charge >= 0.3 is 0 Å². The van der Waals surface area contributed by atoms with E-state index in [0.717, 1.165) is 44.8 Å². The van der Waals surface area contributed by atoms with Crippen LogP contribution in [0.1, 0.15) is 5.56 Å². The van der Waals surface area contributed by atoms with Crippen LogP contribution in [0.5, 0.6) is 0 Å². The van der Waals surface area contributed by atoms with Gasteiger partial charge in [-0.2, -0.15) is 16.4 Å². The van der Waals surface area contributed by atoms with Gasteiger partial charge in [0.15, 0.2) is 0 Å². The maximum absolute atomic E-state index is 13.1. The molecule has 6 heteroatoms. The van der Waals surface area contributed by atoms with E-state index < -0.39 is 0 Å². The van der Waals surface area contributed by atoms with E-state index in [-0.39, 0.29) is 5.82 Å². The van der Waals surface area contributed by atoms with E-state index in [9.17, 15) is 4.39 Å². The predicted molar refractivity (Wildman–Crippen MR) is 105 cm³/mol. The van der Waals surface area contributed by atoms with Crippen LogP contribution in [0, 0.1) is 5.82 Å². The molecule has 0 aliphatic carbocycles. The molecule has 3 heterocycles. The summed E-state index contributed by atoms with van der Waals surface area (Å²) in [6.45, 7) is 5.07. The van der Waals surface area contributed by atoms with E-state index in [1.807, 2.05) is 30.1 Å². The van der Waals surface area contributed by atoms with Gasteiger partial charge in [0.05, 0.1) is 11.9 Å². The molecule has 0 N–H and O–H groups in total. The molecule has 26 heavy (non-hydrogen) atoms. The van der Waals surface area contributed by atoms with Crippen molar-refractivity contribution in [3.05, 3.63) is 58.7 Å². The number of hydrogen-bond donors (Lipinski definition) is 0. The number of aromatic nitrogens is 2. The fourth-order valence-electron chi connectivity index (χ4n) is 3.60. The molecule has 4 nitrogen and oxygen atoms in total. The van der Waals surface area contributed by atoms with E-state index >= 15 is 0 Å². The van der Waals surface area contributed by atoms with Crippen molar-refractivity contribution < 1.29 is 4.39 Å². The molecule has 0 bridgehead atoms. The van der Waals surface area contributed by atoms with Crippen molar-refractivity contribution in [3.63, 3.8) is 0 Å². The molecule has 2 aromatic heterocycles. The van der Waals surface area contributed by atoms with E-state index in [4.69, 9.17) is 0 Å². The molecule has 4 rings (SSSR count). The van der Waals surface area contributed by atoms with Gasteiger partial charge in [-0.25, -0.2) is 4.39 Å². The molecule has 0 atom stereocenters. The first-order valence-electron chi connectivity index (χ1n) is 8.97. The van der Waals surface area contributed by atoms with Crippen LogP contribution in [0.4, 0.5) is 10.1 Å². The maximum Gasteiger partial charge on any atom is 0.123 e. The minimum Gasteiger partial charge on any atom is -0.369 e. The summed E-state index contributed by atoms with van der Waals surface area (Å²) in [7, 11) is 2.01. The lowest BCUT2D eigenvalue weighted by Crippen LogP contribution is -2.47. The first kappa shape index (κ1) is 17.2. The lowest BCUT2D eigenvalue weighted by atomic mass is 10.1. The Kier molecular flexibility index (Phi) is 5.04. The molecular weight excluding hydrogens is 347 g/mol. The second-order valence-corrected chi connectivity index (χ2v) is 7.49. The first-order chi connectivity index (χ1) is 12.7. The number of thiophene rings is 1. The van der Waals surface area contributed by atoms with Gasteiger partial charge in [0.25, 0.3) is 0 Å². The van der Waals surface area contributed by atoms with Crippen molar-refractivity contribution in [2.45, 2.75) is 6.42 Å². The van der Waals surface area contributed by atoms with Crippen LogP contribution in [0.2, 0.25) is 0 Å². The molecule has 0 unspecified atom stereocenters. The summed E-state index contributed by atoms with van der Waals surface area (Å²) in [5, 5.41) is 8.75. The Morgan fingerprint density at radius 1 is 1.08 bits per heavy atom. The summed E-state index contributed by atoms with van der Waals surface area (Å²) >= 11 is 1.72. The smallest absolute Gasteiger partial charge is 0.123 e. The molecule has 0 saturated carbocycles. The molecule has 136 valence electrons. The van der Waals surface area contributed by atoms with Gasteiger partial charge in [-0.1, -0.05) is 0 Å². The van der Waals surface area contributed by atoms with Gasteiger partial charge in [0, 0.05) is 56.4 Å². The Bertz CT molecular complexity index is 833. The third-order valence-electron chi connectivity index (χ3n) is 5.07. The molecule has 0 radical (unpaired) electrons. The molecule has 1 fully saturated rings. The van der Waals surface area contributed by atoms with Gasteiger partial charge in [0.2, 0.25) is 0 Å². The van der Waals surface area contributed by atoms with Crippen LogP contribution < -0.4 is 4.90 Å². The maximum atomic E-state index is 13.1. The van der Waals surface area contributed by atoms with Crippen LogP contribution >= 0.6 is 11.3 Å². The van der Waals surface area contributed by atoms with Crippen LogP contribution in [-0.4, -0.2) is 47.4 Å². The zero-order valence-electron chi connectivity index (χ0n) is 14.9. The van der Waals surface area contributed by atoms with Gasteiger partial charge in [0.1, 0.15) is 5.82 Å². The summed E-state index contributed by atoms with van der Waals surface area (Å²) in [6, 6.07) is 8.97. The predicted octanol–water partition coefficient (Wildman–Crippen LogP) is 3.65. The Balaban J connectivity index is 1.34. The Hall–Kier alpha value is -2.18. The molecule has 1 aromatic carbocycles. The zero-order valence-corrected chi connectivity index (χ0v) is 15.8. The van der Waals surface area contributed by atoms with E-state index in [0.29, 0.717) is 0 Å². The summed E-state index contributed by atoms with van der Waals surface area (Å²) in [5.74, 6) is -0.176.